The lowest BCUT2D eigenvalue weighted by Gasteiger charge is -2.20. The number of aryl methyl sites for hydroxylation is 1. The van der Waals surface area contributed by atoms with Crippen LogP contribution in [0.5, 0.6) is 0 Å². The highest BCUT2D eigenvalue weighted by Gasteiger charge is 2.32. The average molecular weight is 403 g/mol. The van der Waals surface area contributed by atoms with Gasteiger partial charge in [-0.3, -0.25) is 4.90 Å². The molecule has 6 heteroatoms. The molecule has 172 valence electrons. The second-order valence-corrected chi connectivity index (χ2v) is 6.51. The molecule has 0 bridgehead atoms. The first-order valence-electron chi connectivity index (χ1n) is 9.57. The Balaban J connectivity index is -0.000000195. The molecule has 2 rings (SSSR count). The molecular formula is C22H54N6. The first-order valence-corrected chi connectivity index (χ1v) is 9.57. The SMILES string of the molecule is C.C.C.C.CCCN(CCN)CCC1CN1CCC.NCCCn1ccnc1. The second-order valence-electron chi connectivity index (χ2n) is 6.51. The Morgan fingerprint density at radius 1 is 0.964 bits per heavy atom. The van der Waals surface area contributed by atoms with E-state index >= 15 is 0 Å². The number of nitrogens with zero attached hydrogens (tertiary/aromatic N) is 4. The molecule has 0 saturated carbocycles. The maximum atomic E-state index is 5.60. The predicted octanol–water partition coefficient (Wildman–Crippen LogP) is 3.92. The smallest absolute Gasteiger partial charge is 0.0945 e. The van der Waals surface area contributed by atoms with Crippen molar-refractivity contribution in [2.24, 2.45) is 11.5 Å². The normalized spacial score (nSPS) is 16.5. The van der Waals surface area contributed by atoms with Gasteiger partial charge in [-0.15, -0.1) is 0 Å². The Labute approximate surface area is 177 Å². The fourth-order valence-corrected chi connectivity index (χ4v) is 2.92. The first kappa shape index (κ1) is 34.5. The van der Waals surface area contributed by atoms with E-state index in [1.54, 1.807) is 12.5 Å². The summed E-state index contributed by atoms with van der Waals surface area (Å²) in [6.45, 7) is 13.1. The van der Waals surface area contributed by atoms with Crippen molar-refractivity contribution in [3.63, 3.8) is 0 Å². The Bertz CT molecular complexity index is 376. The fourth-order valence-electron chi connectivity index (χ4n) is 2.92. The molecule has 2 atom stereocenters. The van der Waals surface area contributed by atoms with Gasteiger partial charge in [0.05, 0.1) is 6.33 Å². The van der Waals surface area contributed by atoms with E-state index in [2.05, 4.69) is 28.6 Å². The van der Waals surface area contributed by atoms with Crippen LogP contribution in [0, 0.1) is 0 Å². The molecule has 0 aromatic carbocycles. The Morgan fingerprint density at radius 3 is 2.18 bits per heavy atom. The standard InChI is InChI=1S/C12H27N3.C6H11N3.4CH4/c1-3-7-14(10-6-13)9-5-12-11-15(12)8-4-2;7-2-1-4-9-5-3-8-6-9;;;;/h12H,3-11,13H2,1-2H3;3,5-6H,1-2,4,7H2;4*1H4. The van der Waals surface area contributed by atoms with Crippen LogP contribution >= 0.6 is 0 Å². The van der Waals surface area contributed by atoms with E-state index in [1.807, 2.05) is 10.8 Å². The van der Waals surface area contributed by atoms with Crippen molar-refractivity contribution in [1.29, 1.82) is 0 Å². The van der Waals surface area contributed by atoms with Crippen LogP contribution in [-0.4, -0.2) is 71.2 Å². The number of nitrogens with two attached hydrogens (primary N) is 2. The maximum absolute atomic E-state index is 5.60. The zero-order chi connectivity index (χ0) is 17.6. The molecule has 2 heterocycles. The summed E-state index contributed by atoms with van der Waals surface area (Å²) in [5.74, 6) is 0. The van der Waals surface area contributed by atoms with Crippen molar-refractivity contribution in [2.45, 2.75) is 81.8 Å². The summed E-state index contributed by atoms with van der Waals surface area (Å²) in [4.78, 5) is 8.98. The quantitative estimate of drug-likeness (QED) is 0.518. The zero-order valence-electron chi connectivity index (χ0n) is 15.7. The number of aromatic nitrogens is 2. The highest BCUT2D eigenvalue weighted by atomic mass is 15.3. The monoisotopic (exact) mass is 402 g/mol. The van der Waals surface area contributed by atoms with Gasteiger partial charge in [0.1, 0.15) is 0 Å². The van der Waals surface area contributed by atoms with Crippen LogP contribution in [0.25, 0.3) is 0 Å². The molecule has 0 spiro atoms. The number of imidazole rings is 1. The van der Waals surface area contributed by atoms with E-state index in [-0.39, 0.29) is 29.7 Å². The average Bonchev–Trinajstić information content (AvgIpc) is 3.10. The van der Waals surface area contributed by atoms with E-state index < -0.39 is 0 Å². The number of hydrogen-bond donors (Lipinski definition) is 2. The van der Waals surface area contributed by atoms with Gasteiger partial charge in [0.2, 0.25) is 0 Å². The third kappa shape index (κ3) is 16.0. The highest BCUT2D eigenvalue weighted by molar-refractivity contribution is 4.89. The topological polar surface area (TPSA) is 76.1 Å². The van der Waals surface area contributed by atoms with E-state index in [9.17, 15) is 0 Å². The second kappa shape index (κ2) is 22.3. The number of rotatable bonds is 12. The summed E-state index contributed by atoms with van der Waals surface area (Å²) in [6.07, 6.45) is 10.4. The molecule has 4 N–H and O–H groups in total. The van der Waals surface area contributed by atoms with Crippen molar-refractivity contribution in [2.75, 3.05) is 45.8 Å². The molecule has 0 radical (unpaired) electrons. The lowest BCUT2D eigenvalue weighted by atomic mass is 10.3. The fraction of sp³-hybridized carbons (Fsp3) is 0.864. The van der Waals surface area contributed by atoms with Gasteiger partial charge in [-0.1, -0.05) is 43.6 Å². The van der Waals surface area contributed by atoms with Gasteiger partial charge in [0.25, 0.3) is 0 Å². The molecule has 0 amide bonds. The largest absolute Gasteiger partial charge is 0.337 e. The summed E-state index contributed by atoms with van der Waals surface area (Å²) in [7, 11) is 0. The minimum atomic E-state index is 0. The lowest BCUT2D eigenvalue weighted by Crippen LogP contribution is -2.32. The third-order valence-electron chi connectivity index (χ3n) is 4.28. The molecule has 1 aliphatic heterocycles. The van der Waals surface area contributed by atoms with Crippen LogP contribution in [0.3, 0.4) is 0 Å². The maximum Gasteiger partial charge on any atom is 0.0945 e. The van der Waals surface area contributed by atoms with Crippen LogP contribution in [0.2, 0.25) is 0 Å². The molecular weight excluding hydrogens is 348 g/mol. The minimum Gasteiger partial charge on any atom is -0.337 e. The molecule has 28 heavy (non-hydrogen) atoms. The molecule has 0 aliphatic carbocycles. The zero-order valence-corrected chi connectivity index (χ0v) is 15.7. The van der Waals surface area contributed by atoms with E-state index in [1.165, 1.54) is 45.4 Å². The van der Waals surface area contributed by atoms with Crippen LogP contribution in [-0.2, 0) is 6.54 Å². The van der Waals surface area contributed by atoms with Crippen LogP contribution in [0.15, 0.2) is 18.7 Å². The Morgan fingerprint density at radius 2 is 1.68 bits per heavy atom. The summed E-state index contributed by atoms with van der Waals surface area (Å²) in [5.41, 5.74) is 10.9. The molecule has 1 aromatic heterocycles. The van der Waals surface area contributed by atoms with Crippen molar-refractivity contribution in [3.8, 4) is 0 Å². The summed E-state index contributed by atoms with van der Waals surface area (Å²) in [6, 6.07) is 0.877. The van der Waals surface area contributed by atoms with Crippen molar-refractivity contribution >= 4 is 0 Å². The van der Waals surface area contributed by atoms with Gasteiger partial charge in [0, 0.05) is 44.6 Å². The lowest BCUT2D eigenvalue weighted by molar-refractivity contribution is 0.272. The summed E-state index contributed by atoms with van der Waals surface area (Å²) >= 11 is 0. The first-order chi connectivity index (χ1) is 11.7. The van der Waals surface area contributed by atoms with Crippen LogP contribution in [0.4, 0.5) is 0 Å². The molecule has 2 unspecified atom stereocenters. The van der Waals surface area contributed by atoms with Gasteiger partial charge >= 0.3 is 0 Å². The molecule has 1 aliphatic rings. The van der Waals surface area contributed by atoms with E-state index in [0.717, 1.165) is 38.6 Å². The van der Waals surface area contributed by atoms with Crippen LogP contribution < -0.4 is 11.5 Å². The predicted molar refractivity (Wildman–Crippen MR) is 129 cm³/mol. The minimum absolute atomic E-state index is 0. The molecule has 1 saturated heterocycles. The molecule has 6 nitrogen and oxygen atoms in total. The third-order valence-corrected chi connectivity index (χ3v) is 4.28. The van der Waals surface area contributed by atoms with Gasteiger partial charge in [-0.05, 0) is 51.9 Å². The summed E-state index contributed by atoms with van der Waals surface area (Å²) < 4.78 is 2.02. The van der Waals surface area contributed by atoms with Gasteiger partial charge in [-0.25, -0.2) is 4.98 Å². The van der Waals surface area contributed by atoms with Gasteiger partial charge in [0.15, 0.2) is 0 Å². The van der Waals surface area contributed by atoms with Gasteiger partial charge in [-0.2, -0.15) is 0 Å². The Kier molecular flexibility index (Phi) is 27.6. The summed E-state index contributed by atoms with van der Waals surface area (Å²) in [5, 5.41) is 0. The number of hydrogen-bond acceptors (Lipinski definition) is 5. The highest BCUT2D eigenvalue weighted by Crippen LogP contribution is 2.20. The van der Waals surface area contributed by atoms with Crippen molar-refractivity contribution in [1.82, 2.24) is 19.4 Å². The molecule has 1 fully saturated rings. The van der Waals surface area contributed by atoms with E-state index in [4.69, 9.17) is 11.5 Å². The van der Waals surface area contributed by atoms with E-state index in [0.29, 0.717) is 0 Å². The van der Waals surface area contributed by atoms with Gasteiger partial charge < -0.3 is 20.9 Å². The van der Waals surface area contributed by atoms with Crippen LogP contribution in [0.1, 0.15) is 69.2 Å². The molecule has 1 aromatic rings. The Hall–Kier alpha value is -0.950. The van der Waals surface area contributed by atoms with Crippen molar-refractivity contribution in [3.05, 3.63) is 18.7 Å². The van der Waals surface area contributed by atoms with Crippen molar-refractivity contribution < 1.29 is 0 Å².